The quantitative estimate of drug-likeness (QED) is 0.408. The van der Waals surface area contributed by atoms with Gasteiger partial charge in [0.15, 0.2) is 0 Å². The van der Waals surface area contributed by atoms with Crippen LogP contribution in [-0.2, 0) is 9.09 Å². The molecule has 1 aromatic heterocycles. The summed E-state index contributed by atoms with van der Waals surface area (Å²) in [4.78, 5) is 1.08. The monoisotopic (exact) mass is 420 g/mol. The van der Waals surface area contributed by atoms with Crippen molar-refractivity contribution in [2.75, 3.05) is 6.61 Å². The third-order valence-electron chi connectivity index (χ3n) is 4.71. The second-order valence-corrected chi connectivity index (χ2v) is 9.94. The van der Waals surface area contributed by atoms with Gasteiger partial charge in [-0.2, -0.15) is 0 Å². The number of thiophene rings is 1. The first-order chi connectivity index (χ1) is 14.2. The zero-order chi connectivity index (χ0) is 20.1. The highest BCUT2D eigenvalue weighted by atomic mass is 32.1. The molecule has 0 aliphatic carbocycles. The van der Waals surface area contributed by atoms with E-state index in [1.54, 1.807) is 35.6 Å². The van der Waals surface area contributed by atoms with Crippen LogP contribution < -0.4 is 10.6 Å². The number of benzene rings is 3. The van der Waals surface area contributed by atoms with E-state index in [-0.39, 0.29) is 6.61 Å². The van der Waals surface area contributed by atoms with E-state index in [2.05, 4.69) is 0 Å². The van der Waals surface area contributed by atoms with Gasteiger partial charge < -0.3 is 9.63 Å². The third-order valence-corrected chi connectivity index (χ3v) is 8.08. The Kier molecular flexibility index (Phi) is 6.08. The lowest BCUT2D eigenvalue weighted by Gasteiger charge is -2.22. The summed E-state index contributed by atoms with van der Waals surface area (Å²) in [5.41, 5.74) is 1.73. The van der Waals surface area contributed by atoms with Crippen LogP contribution in [0.25, 0.3) is 10.4 Å². The van der Waals surface area contributed by atoms with Crippen LogP contribution in [-0.4, -0.2) is 11.7 Å². The minimum absolute atomic E-state index is 0.0660. The van der Waals surface area contributed by atoms with Crippen LogP contribution in [0, 0.1) is 0 Å². The fourth-order valence-corrected chi connectivity index (χ4v) is 6.11. The molecule has 1 unspecified atom stereocenters. The van der Waals surface area contributed by atoms with Crippen molar-refractivity contribution in [2.45, 2.75) is 6.10 Å². The molecule has 5 heteroatoms. The molecule has 0 saturated carbocycles. The van der Waals surface area contributed by atoms with Crippen molar-refractivity contribution in [1.29, 1.82) is 0 Å². The second kappa shape index (κ2) is 8.89. The summed E-state index contributed by atoms with van der Waals surface area (Å²) < 4.78 is 19.9. The number of hydrogen-bond acceptors (Lipinski definition) is 4. The Labute approximate surface area is 174 Å². The van der Waals surface area contributed by atoms with Crippen molar-refractivity contribution in [3.8, 4) is 10.4 Å². The first-order valence-corrected chi connectivity index (χ1v) is 11.9. The zero-order valence-corrected chi connectivity index (χ0v) is 17.4. The summed E-state index contributed by atoms with van der Waals surface area (Å²) in [5.74, 6) is 0. The molecule has 0 bridgehead atoms. The summed E-state index contributed by atoms with van der Waals surface area (Å²) in [6.45, 7) is -0.0660. The Morgan fingerprint density at radius 2 is 1.38 bits per heavy atom. The van der Waals surface area contributed by atoms with E-state index < -0.39 is 13.5 Å². The van der Waals surface area contributed by atoms with E-state index in [1.165, 1.54) is 0 Å². The first-order valence-electron chi connectivity index (χ1n) is 9.35. The lowest BCUT2D eigenvalue weighted by Crippen LogP contribution is -2.20. The maximum Gasteiger partial charge on any atom is 0.261 e. The van der Waals surface area contributed by atoms with Crippen LogP contribution in [0.15, 0.2) is 102 Å². The predicted molar refractivity (Wildman–Crippen MR) is 120 cm³/mol. The van der Waals surface area contributed by atoms with Crippen LogP contribution in [0.3, 0.4) is 0 Å². The van der Waals surface area contributed by atoms with E-state index in [4.69, 9.17) is 4.52 Å². The molecular weight excluding hydrogens is 399 g/mol. The van der Waals surface area contributed by atoms with Crippen molar-refractivity contribution in [2.24, 2.45) is 0 Å². The van der Waals surface area contributed by atoms with E-state index in [0.717, 1.165) is 16.0 Å². The Bertz CT molecular complexity index is 1050. The van der Waals surface area contributed by atoms with Crippen LogP contribution in [0.1, 0.15) is 11.7 Å². The SMILES string of the molecule is O=P(OCC(O)c1ccccc1-c1cccs1)(c1ccccc1)c1ccccc1. The predicted octanol–water partition coefficient (Wildman–Crippen LogP) is 5.39. The van der Waals surface area contributed by atoms with E-state index in [9.17, 15) is 9.67 Å². The van der Waals surface area contributed by atoms with Crippen molar-refractivity contribution < 1.29 is 14.2 Å². The lowest BCUT2D eigenvalue weighted by atomic mass is 10.0. The summed E-state index contributed by atoms with van der Waals surface area (Å²) in [5, 5.41) is 14.2. The van der Waals surface area contributed by atoms with Gasteiger partial charge >= 0.3 is 0 Å². The summed E-state index contributed by atoms with van der Waals surface area (Å²) >= 11 is 1.62. The molecule has 0 radical (unpaired) electrons. The van der Waals surface area contributed by atoms with Gasteiger partial charge in [0.1, 0.15) is 6.10 Å². The standard InChI is InChI=1S/C24H21O3PS/c25-23(21-14-7-8-15-22(21)24-16-9-17-29-24)18-27-28(26,19-10-3-1-4-11-19)20-12-5-2-6-13-20/h1-17,23,25H,18H2. The molecule has 0 aliphatic rings. The zero-order valence-electron chi connectivity index (χ0n) is 15.7. The van der Waals surface area contributed by atoms with E-state index in [1.807, 2.05) is 78.2 Å². The molecule has 4 aromatic rings. The number of aliphatic hydroxyl groups is 1. The summed E-state index contributed by atoms with van der Waals surface area (Å²) in [7, 11) is -3.33. The highest BCUT2D eigenvalue weighted by molar-refractivity contribution is 7.74. The number of rotatable bonds is 7. The summed E-state index contributed by atoms with van der Waals surface area (Å²) in [6.07, 6.45) is -0.894. The van der Waals surface area contributed by atoms with Crippen molar-refractivity contribution in [3.05, 3.63) is 108 Å². The minimum Gasteiger partial charge on any atom is -0.386 e. The fraction of sp³-hybridized carbons (Fsp3) is 0.0833. The van der Waals surface area contributed by atoms with Gasteiger partial charge in [0.2, 0.25) is 0 Å². The van der Waals surface area contributed by atoms with Gasteiger partial charge in [-0.25, -0.2) is 0 Å². The van der Waals surface area contributed by atoms with Crippen LogP contribution in [0.5, 0.6) is 0 Å². The van der Waals surface area contributed by atoms with Gasteiger partial charge in [-0.05, 0) is 46.8 Å². The molecule has 4 rings (SSSR count). The largest absolute Gasteiger partial charge is 0.386 e. The van der Waals surface area contributed by atoms with E-state index >= 15 is 0 Å². The molecule has 0 aliphatic heterocycles. The van der Waals surface area contributed by atoms with E-state index in [0.29, 0.717) is 10.6 Å². The van der Waals surface area contributed by atoms with Gasteiger partial charge in [0.05, 0.1) is 6.61 Å². The maximum atomic E-state index is 13.9. The average molecular weight is 420 g/mol. The van der Waals surface area contributed by atoms with Gasteiger partial charge in [0, 0.05) is 15.5 Å². The smallest absolute Gasteiger partial charge is 0.261 e. The normalized spacial score (nSPS) is 12.6. The Hall–Kier alpha value is -2.49. The molecule has 29 heavy (non-hydrogen) atoms. The lowest BCUT2D eigenvalue weighted by molar-refractivity contribution is 0.112. The number of aliphatic hydroxyl groups excluding tert-OH is 1. The van der Waals surface area contributed by atoms with Crippen LogP contribution in [0.2, 0.25) is 0 Å². The molecule has 1 N–H and O–H groups in total. The van der Waals surface area contributed by atoms with Crippen LogP contribution >= 0.6 is 18.7 Å². The first kappa shape index (κ1) is 19.8. The fourth-order valence-electron chi connectivity index (χ4n) is 3.26. The van der Waals surface area contributed by atoms with Crippen molar-refractivity contribution in [3.63, 3.8) is 0 Å². The molecule has 1 heterocycles. The topological polar surface area (TPSA) is 46.5 Å². The molecule has 0 amide bonds. The molecular formula is C24H21O3PS. The Morgan fingerprint density at radius 3 is 1.97 bits per heavy atom. The Balaban J connectivity index is 1.63. The molecule has 0 spiro atoms. The minimum atomic E-state index is -3.33. The highest BCUT2D eigenvalue weighted by Crippen LogP contribution is 2.45. The Morgan fingerprint density at radius 1 is 0.793 bits per heavy atom. The second-order valence-electron chi connectivity index (χ2n) is 6.60. The van der Waals surface area contributed by atoms with Gasteiger partial charge in [-0.3, -0.25) is 4.57 Å². The van der Waals surface area contributed by atoms with Gasteiger partial charge in [-0.15, -0.1) is 11.3 Å². The maximum absolute atomic E-state index is 13.9. The van der Waals surface area contributed by atoms with Crippen molar-refractivity contribution in [1.82, 2.24) is 0 Å². The summed E-state index contributed by atoms with van der Waals surface area (Å²) in [6, 6.07) is 30.1. The third kappa shape index (κ3) is 4.26. The van der Waals surface area contributed by atoms with Crippen LogP contribution in [0.4, 0.5) is 0 Å². The van der Waals surface area contributed by atoms with Gasteiger partial charge in [0.25, 0.3) is 7.37 Å². The molecule has 0 fully saturated rings. The average Bonchev–Trinajstić information content (AvgIpc) is 3.33. The molecule has 3 aromatic carbocycles. The highest BCUT2D eigenvalue weighted by Gasteiger charge is 2.30. The molecule has 3 nitrogen and oxygen atoms in total. The molecule has 146 valence electrons. The number of hydrogen-bond donors (Lipinski definition) is 1. The van der Waals surface area contributed by atoms with Gasteiger partial charge in [-0.1, -0.05) is 66.7 Å². The van der Waals surface area contributed by atoms with Crippen molar-refractivity contribution >= 4 is 29.3 Å². The molecule has 1 atom stereocenters. The molecule has 0 saturated heterocycles.